The summed E-state index contributed by atoms with van der Waals surface area (Å²) in [5, 5.41) is 15.8. The Labute approximate surface area is 136 Å². The zero-order chi connectivity index (χ0) is 16.9. The zero-order valence-corrected chi connectivity index (χ0v) is 12.5. The Morgan fingerprint density at radius 2 is 2.04 bits per heavy atom. The van der Waals surface area contributed by atoms with Crippen molar-refractivity contribution in [1.29, 1.82) is 5.26 Å². The maximum absolute atomic E-state index is 12.2. The number of nitrogens with zero attached hydrogens (tertiary/aromatic N) is 3. The molecule has 24 heavy (non-hydrogen) atoms. The molecule has 0 spiro atoms. The molecular weight excluding hydrogens is 308 g/mol. The van der Waals surface area contributed by atoms with Crippen LogP contribution in [-0.2, 0) is 11.3 Å². The molecule has 0 fully saturated rings. The number of furan rings is 1. The van der Waals surface area contributed by atoms with Crippen molar-refractivity contribution in [3.8, 4) is 17.5 Å². The number of aromatic nitrogens is 2. The molecule has 0 atom stereocenters. The van der Waals surface area contributed by atoms with Gasteiger partial charge >= 0.3 is 0 Å². The molecule has 3 rings (SSSR count). The van der Waals surface area contributed by atoms with E-state index < -0.39 is 11.5 Å². The van der Waals surface area contributed by atoms with Gasteiger partial charge in [0.2, 0.25) is 5.91 Å². The van der Waals surface area contributed by atoms with E-state index in [1.807, 2.05) is 6.07 Å². The van der Waals surface area contributed by atoms with E-state index in [9.17, 15) is 9.59 Å². The van der Waals surface area contributed by atoms with Crippen molar-refractivity contribution in [1.82, 2.24) is 9.78 Å². The van der Waals surface area contributed by atoms with E-state index in [2.05, 4.69) is 10.4 Å². The molecule has 1 amide bonds. The van der Waals surface area contributed by atoms with E-state index in [-0.39, 0.29) is 6.54 Å². The standard InChI is InChI=1S/C17H12N4O3/c18-10-12-4-1-2-5-13(12)19-16(22)11-21-17(23)8-7-14(20-21)15-6-3-9-24-15/h1-9H,11H2,(H,19,22). The minimum atomic E-state index is -0.455. The number of carbonyl (C=O) groups excluding carboxylic acids is 1. The molecule has 2 aromatic heterocycles. The first-order valence-corrected chi connectivity index (χ1v) is 7.08. The highest BCUT2D eigenvalue weighted by molar-refractivity contribution is 5.91. The monoisotopic (exact) mass is 320 g/mol. The number of nitrogens with one attached hydrogen (secondary N) is 1. The summed E-state index contributed by atoms with van der Waals surface area (Å²) in [6, 6.07) is 14.9. The number of rotatable bonds is 4. The van der Waals surface area contributed by atoms with Gasteiger partial charge in [-0.25, -0.2) is 4.68 Å². The summed E-state index contributed by atoms with van der Waals surface area (Å²) in [5.74, 6) is 0.0443. The molecule has 3 aromatic rings. The number of hydrogen-bond acceptors (Lipinski definition) is 5. The fraction of sp³-hybridized carbons (Fsp3) is 0.0588. The Bertz CT molecular complexity index is 968. The molecule has 118 valence electrons. The zero-order valence-electron chi connectivity index (χ0n) is 12.5. The van der Waals surface area contributed by atoms with Gasteiger partial charge in [-0.05, 0) is 30.3 Å². The van der Waals surface area contributed by atoms with Gasteiger partial charge in [0, 0.05) is 6.07 Å². The number of carbonyl (C=O) groups is 1. The highest BCUT2D eigenvalue weighted by Gasteiger charge is 2.11. The molecule has 0 aliphatic rings. The van der Waals surface area contributed by atoms with Crippen LogP contribution in [0.25, 0.3) is 11.5 Å². The SMILES string of the molecule is N#Cc1ccccc1NC(=O)Cn1nc(-c2ccco2)ccc1=O. The topological polar surface area (TPSA) is 101 Å². The summed E-state index contributed by atoms with van der Waals surface area (Å²) >= 11 is 0. The Kier molecular flexibility index (Phi) is 4.21. The lowest BCUT2D eigenvalue weighted by molar-refractivity contribution is -0.117. The number of para-hydroxylation sites is 1. The van der Waals surface area contributed by atoms with E-state index in [1.165, 1.54) is 18.4 Å². The van der Waals surface area contributed by atoms with Gasteiger partial charge in [-0.2, -0.15) is 10.4 Å². The van der Waals surface area contributed by atoms with Gasteiger partial charge in [-0.15, -0.1) is 0 Å². The second-order valence-corrected chi connectivity index (χ2v) is 4.90. The Hall–Kier alpha value is -3.66. The normalized spacial score (nSPS) is 10.1. The van der Waals surface area contributed by atoms with Gasteiger partial charge in [-0.1, -0.05) is 12.1 Å². The van der Waals surface area contributed by atoms with Crippen LogP contribution in [0.2, 0.25) is 0 Å². The Morgan fingerprint density at radius 1 is 1.21 bits per heavy atom. The van der Waals surface area contributed by atoms with Gasteiger partial charge in [0.15, 0.2) is 5.76 Å². The van der Waals surface area contributed by atoms with Crippen LogP contribution in [0.4, 0.5) is 5.69 Å². The van der Waals surface area contributed by atoms with Gasteiger partial charge in [0.05, 0.1) is 17.5 Å². The molecule has 0 saturated carbocycles. The Morgan fingerprint density at radius 3 is 2.79 bits per heavy atom. The lowest BCUT2D eigenvalue weighted by Gasteiger charge is -2.08. The number of nitriles is 1. The summed E-state index contributed by atoms with van der Waals surface area (Å²) in [5.41, 5.74) is 0.773. The second kappa shape index (κ2) is 6.62. The minimum absolute atomic E-state index is 0.271. The molecule has 2 heterocycles. The molecule has 7 nitrogen and oxygen atoms in total. The largest absolute Gasteiger partial charge is 0.463 e. The van der Waals surface area contributed by atoms with E-state index in [1.54, 1.807) is 36.4 Å². The molecule has 0 radical (unpaired) electrons. The number of hydrogen-bond donors (Lipinski definition) is 1. The van der Waals surface area contributed by atoms with Crippen LogP contribution in [0.15, 0.2) is 64.0 Å². The van der Waals surface area contributed by atoms with Crippen LogP contribution in [0.5, 0.6) is 0 Å². The maximum Gasteiger partial charge on any atom is 0.267 e. The summed E-state index contributed by atoms with van der Waals surface area (Å²) in [7, 11) is 0. The Balaban J connectivity index is 1.81. The molecule has 0 unspecified atom stereocenters. The molecule has 7 heteroatoms. The maximum atomic E-state index is 12.2. The van der Waals surface area contributed by atoms with Crippen molar-refractivity contribution in [2.45, 2.75) is 6.54 Å². The fourth-order valence-electron chi connectivity index (χ4n) is 2.13. The molecule has 0 aliphatic carbocycles. The van der Waals surface area contributed by atoms with Crippen LogP contribution >= 0.6 is 0 Å². The van der Waals surface area contributed by atoms with Crippen molar-refractivity contribution < 1.29 is 9.21 Å². The van der Waals surface area contributed by atoms with Crippen molar-refractivity contribution in [3.63, 3.8) is 0 Å². The fourth-order valence-corrected chi connectivity index (χ4v) is 2.13. The molecule has 0 bridgehead atoms. The molecule has 0 aliphatic heterocycles. The highest BCUT2D eigenvalue weighted by Crippen LogP contribution is 2.15. The minimum Gasteiger partial charge on any atom is -0.463 e. The molecule has 1 N–H and O–H groups in total. The predicted octanol–water partition coefficient (Wildman–Crippen LogP) is 2.01. The van der Waals surface area contributed by atoms with Crippen molar-refractivity contribution in [2.75, 3.05) is 5.32 Å². The average molecular weight is 320 g/mol. The first-order chi connectivity index (χ1) is 11.7. The lowest BCUT2D eigenvalue weighted by atomic mass is 10.2. The quantitative estimate of drug-likeness (QED) is 0.792. The summed E-state index contributed by atoms with van der Waals surface area (Å²) in [4.78, 5) is 24.0. The van der Waals surface area contributed by atoms with Crippen LogP contribution in [-0.4, -0.2) is 15.7 Å². The molecule has 1 aromatic carbocycles. The van der Waals surface area contributed by atoms with E-state index in [0.29, 0.717) is 22.7 Å². The third-order valence-electron chi connectivity index (χ3n) is 3.26. The summed E-state index contributed by atoms with van der Waals surface area (Å²) in [6.45, 7) is -0.271. The predicted molar refractivity (Wildman–Crippen MR) is 86.0 cm³/mol. The van der Waals surface area contributed by atoms with Crippen LogP contribution in [0, 0.1) is 11.3 Å². The number of amides is 1. The van der Waals surface area contributed by atoms with Gasteiger partial charge in [-0.3, -0.25) is 9.59 Å². The third kappa shape index (κ3) is 3.23. The summed E-state index contributed by atoms with van der Waals surface area (Å²) in [6.07, 6.45) is 1.50. The summed E-state index contributed by atoms with van der Waals surface area (Å²) < 4.78 is 6.27. The second-order valence-electron chi connectivity index (χ2n) is 4.90. The van der Waals surface area contributed by atoms with Crippen molar-refractivity contribution in [2.24, 2.45) is 0 Å². The van der Waals surface area contributed by atoms with E-state index in [4.69, 9.17) is 9.68 Å². The van der Waals surface area contributed by atoms with Crippen molar-refractivity contribution >= 4 is 11.6 Å². The average Bonchev–Trinajstić information content (AvgIpc) is 3.12. The van der Waals surface area contributed by atoms with E-state index in [0.717, 1.165) is 4.68 Å². The van der Waals surface area contributed by atoms with Gasteiger partial charge in [0.25, 0.3) is 5.56 Å². The van der Waals surface area contributed by atoms with Gasteiger partial charge in [0.1, 0.15) is 18.3 Å². The third-order valence-corrected chi connectivity index (χ3v) is 3.26. The number of anilines is 1. The van der Waals surface area contributed by atoms with E-state index >= 15 is 0 Å². The first-order valence-electron chi connectivity index (χ1n) is 7.08. The highest BCUT2D eigenvalue weighted by atomic mass is 16.3. The molecule has 0 saturated heterocycles. The van der Waals surface area contributed by atoms with Crippen molar-refractivity contribution in [3.05, 3.63) is 70.7 Å². The first kappa shape index (κ1) is 15.2. The van der Waals surface area contributed by atoms with Crippen LogP contribution < -0.4 is 10.9 Å². The number of benzene rings is 1. The lowest BCUT2D eigenvalue weighted by Crippen LogP contribution is -2.29. The smallest absolute Gasteiger partial charge is 0.267 e. The van der Waals surface area contributed by atoms with Crippen LogP contribution in [0.1, 0.15) is 5.56 Å². The van der Waals surface area contributed by atoms with Gasteiger partial charge < -0.3 is 9.73 Å². The van der Waals surface area contributed by atoms with Crippen LogP contribution in [0.3, 0.4) is 0 Å². The molecular formula is C17H12N4O3.